The van der Waals surface area contributed by atoms with Gasteiger partial charge in [0.1, 0.15) is 0 Å². The third-order valence-electron chi connectivity index (χ3n) is 3.81. The molecule has 0 aromatic heterocycles. The predicted octanol–water partition coefficient (Wildman–Crippen LogP) is 7.73. The summed E-state index contributed by atoms with van der Waals surface area (Å²) < 4.78 is 0. The third kappa shape index (κ3) is 18.5. The van der Waals surface area contributed by atoms with Crippen LogP contribution in [0, 0.1) is 26.7 Å². The van der Waals surface area contributed by atoms with E-state index in [1.54, 1.807) is 0 Å². The summed E-state index contributed by atoms with van der Waals surface area (Å²) in [6, 6.07) is 0. The molecule has 2 unspecified atom stereocenters. The van der Waals surface area contributed by atoms with Gasteiger partial charge in [-0.3, -0.25) is 0 Å². The maximum absolute atomic E-state index is 2.39. The minimum absolute atomic E-state index is 0. The zero-order valence-corrected chi connectivity index (χ0v) is 17.0. The monoisotopic (exact) mass is 328 g/mol. The van der Waals surface area contributed by atoms with Crippen molar-refractivity contribution in [3.63, 3.8) is 0 Å². The molecule has 2 aliphatic carbocycles. The summed E-state index contributed by atoms with van der Waals surface area (Å²) in [4.78, 5) is 0. The van der Waals surface area contributed by atoms with Gasteiger partial charge in [-0.15, -0.1) is 0 Å². The van der Waals surface area contributed by atoms with E-state index in [2.05, 4.69) is 13.8 Å². The average molecular weight is 328 g/mol. The molecule has 128 valence electrons. The number of rotatable bonds is 1. The van der Waals surface area contributed by atoms with E-state index in [1.165, 1.54) is 57.8 Å². The Balaban J connectivity index is -0.0000000556. The third-order valence-corrected chi connectivity index (χ3v) is 3.81. The van der Waals surface area contributed by atoms with Crippen LogP contribution in [-0.2, 0) is 17.1 Å². The van der Waals surface area contributed by atoms with E-state index in [9.17, 15) is 0 Å². The van der Waals surface area contributed by atoms with E-state index in [4.69, 9.17) is 0 Å². The van der Waals surface area contributed by atoms with Crippen molar-refractivity contribution >= 4 is 0 Å². The van der Waals surface area contributed by atoms with Crippen LogP contribution in [0.5, 0.6) is 0 Å². The van der Waals surface area contributed by atoms with Crippen molar-refractivity contribution in [1.82, 2.24) is 0 Å². The van der Waals surface area contributed by atoms with Crippen LogP contribution in [0.1, 0.15) is 99.3 Å². The Kier molecular flexibility index (Phi) is 45.1. The summed E-state index contributed by atoms with van der Waals surface area (Å²) in [6.45, 7) is 12.7. The Labute approximate surface area is 143 Å². The normalized spacial score (nSPS) is 21.9. The molecule has 2 saturated carbocycles. The molecule has 0 aromatic carbocycles. The summed E-state index contributed by atoms with van der Waals surface area (Å²) in [5.41, 5.74) is 0. The number of hydrogen-bond acceptors (Lipinski definition) is 0. The van der Waals surface area contributed by atoms with Crippen LogP contribution in [0.4, 0.5) is 0 Å². The van der Waals surface area contributed by atoms with E-state index < -0.39 is 0 Å². The van der Waals surface area contributed by atoms with E-state index in [0.29, 0.717) is 0 Å². The van der Waals surface area contributed by atoms with E-state index in [-0.39, 0.29) is 31.9 Å². The Hall–Kier alpha value is 0.519. The number of hydrogen-bond donors (Lipinski definition) is 0. The maximum atomic E-state index is 2.39. The Morgan fingerprint density at radius 2 is 1.05 bits per heavy atom. The molecule has 0 aliphatic heterocycles. The average Bonchev–Trinajstić information content (AvgIpc) is 3.08. The molecule has 2 rings (SSSR count). The zero-order chi connectivity index (χ0) is 13.5. The Morgan fingerprint density at radius 1 is 0.700 bits per heavy atom. The zero-order valence-electron chi connectivity index (χ0n) is 15.9. The van der Waals surface area contributed by atoms with Gasteiger partial charge >= 0.3 is 17.1 Å². The van der Waals surface area contributed by atoms with Gasteiger partial charge < -0.3 is 14.9 Å². The van der Waals surface area contributed by atoms with Gasteiger partial charge in [0, 0.05) is 0 Å². The van der Waals surface area contributed by atoms with Gasteiger partial charge in [-0.2, -0.15) is 0 Å². The summed E-state index contributed by atoms with van der Waals surface area (Å²) in [6.07, 6.45) is 13.4. The van der Waals surface area contributed by atoms with Crippen LogP contribution in [0.15, 0.2) is 0 Å². The molecule has 2 atom stereocenters. The standard InChI is InChI=1S/C8H16.C5H10.2C2H6.2CH3.Fe/c1-3-8-6-4-5-7(8)2;1-2-4-5-3-1;2*1-2;;;/h7-8H,3-6H2,1-2H3;1-5H2;2*1-2H3;2*1H3;/q;;;;2*-1;+2. The molecule has 0 aromatic rings. The second-order valence-corrected chi connectivity index (χ2v) is 4.84. The fraction of sp³-hybridized carbons (Fsp3) is 0.895. The minimum Gasteiger partial charge on any atom is -0.358 e. The molecule has 1 heteroatoms. The van der Waals surface area contributed by atoms with Crippen molar-refractivity contribution in [2.45, 2.75) is 99.3 Å². The molecule has 0 heterocycles. The van der Waals surface area contributed by atoms with Crippen molar-refractivity contribution < 1.29 is 17.1 Å². The smallest absolute Gasteiger partial charge is 0.358 e. The van der Waals surface area contributed by atoms with Crippen molar-refractivity contribution in [3.05, 3.63) is 14.9 Å². The van der Waals surface area contributed by atoms with Crippen LogP contribution in [0.25, 0.3) is 0 Å². The molecular formula is C19H44Fe. The van der Waals surface area contributed by atoms with Crippen LogP contribution in [-0.4, -0.2) is 0 Å². The van der Waals surface area contributed by atoms with Crippen LogP contribution < -0.4 is 0 Å². The molecule has 0 amide bonds. The first-order chi connectivity index (χ1) is 8.34. The Morgan fingerprint density at radius 3 is 1.20 bits per heavy atom. The van der Waals surface area contributed by atoms with Crippen molar-refractivity contribution in [1.29, 1.82) is 0 Å². The van der Waals surface area contributed by atoms with Gasteiger partial charge in [0.25, 0.3) is 0 Å². The summed E-state index contributed by atoms with van der Waals surface area (Å²) in [5, 5.41) is 0. The van der Waals surface area contributed by atoms with Crippen molar-refractivity contribution in [3.8, 4) is 0 Å². The molecule has 0 saturated heterocycles. The fourth-order valence-corrected chi connectivity index (χ4v) is 2.71. The topological polar surface area (TPSA) is 0 Å². The van der Waals surface area contributed by atoms with Crippen molar-refractivity contribution in [2.75, 3.05) is 0 Å². The SMILES string of the molecule is C1CCCC1.CC.CC.CCC1CCCC1C.[CH3-].[CH3-].[Fe+2]. The summed E-state index contributed by atoms with van der Waals surface area (Å²) in [7, 11) is 0. The first kappa shape index (κ1) is 32.5. The van der Waals surface area contributed by atoms with Crippen molar-refractivity contribution in [2.24, 2.45) is 11.8 Å². The second kappa shape index (κ2) is 27.8. The quantitative estimate of drug-likeness (QED) is 0.341. The largest absolute Gasteiger partial charge is 2.00 e. The molecule has 0 N–H and O–H groups in total. The molecule has 0 nitrogen and oxygen atoms in total. The predicted molar refractivity (Wildman–Crippen MR) is 95.4 cm³/mol. The van der Waals surface area contributed by atoms with E-state index in [1.807, 2.05) is 27.7 Å². The first-order valence-corrected chi connectivity index (χ1v) is 8.34. The van der Waals surface area contributed by atoms with Crippen LogP contribution >= 0.6 is 0 Å². The molecule has 2 fully saturated rings. The van der Waals surface area contributed by atoms with Crippen LogP contribution in [0.2, 0.25) is 0 Å². The van der Waals surface area contributed by atoms with Gasteiger partial charge in [-0.25, -0.2) is 0 Å². The first-order valence-electron chi connectivity index (χ1n) is 8.34. The van der Waals surface area contributed by atoms with Crippen LogP contribution in [0.3, 0.4) is 0 Å². The molecule has 0 spiro atoms. The van der Waals surface area contributed by atoms with Gasteiger partial charge in [0.2, 0.25) is 0 Å². The fourth-order valence-electron chi connectivity index (χ4n) is 2.71. The summed E-state index contributed by atoms with van der Waals surface area (Å²) >= 11 is 0. The summed E-state index contributed by atoms with van der Waals surface area (Å²) in [5.74, 6) is 2.09. The van der Waals surface area contributed by atoms with Gasteiger partial charge in [0.05, 0.1) is 0 Å². The Bertz CT molecular complexity index is 111. The van der Waals surface area contributed by atoms with Gasteiger partial charge in [0.15, 0.2) is 0 Å². The molecule has 0 radical (unpaired) electrons. The minimum atomic E-state index is 0. The molecule has 20 heavy (non-hydrogen) atoms. The van der Waals surface area contributed by atoms with E-state index in [0.717, 1.165) is 11.8 Å². The van der Waals surface area contributed by atoms with Gasteiger partial charge in [-0.1, -0.05) is 99.3 Å². The van der Waals surface area contributed by atoms with Gasteiger partial charge in [-0.05, 0) is 11.8 Å². The molecule has 2 aliphatic rings. The molecular weight excluding hydrogens is 284 g/mol. The second-order valence-electron chi connectivity index (χ2n) is 4.84. The van der Waals surface area contributed by atoms with E-state index >= 15 is 0 Å². The molecule has 0 bridgehead atoms. The maximum Gasteiger partial charge on any atom is 2.00 e.